The molecule has 0 bridgehead atoms. The van der Waals surface area contributed by atoms with Gasteiger partial charge in [-0.2, -0.15) is 5.26 Å². The Balaban J connectivity index is 2.02. The molecule has 4 heteroatoms. The maximum Gasteiger partial charge on any atom is 0.123 e. The zero-order valence-corrected chi connectivity index (χ0v) is 10.7. The smallest absolute Gasteiger partial charge is 0.123 e. The van der Waals surface area contributed by atoms with Crippen molar-refractivity contribution >= 4 is 0 Å². The Morgan fingerprint density at radius 3 is 2.79 bits per heavy atom. The number of rotatable bonds is 4. The average molecular weight is 255 g/mol. The van der Waals surface area contributed by atoms with Crippen LogP contribution in [0.2, 0.25) is 0 Å². The minimum absolute atomic E-state index is 0.323. The van der Waals surface area contributed by atoms with Crippen molar-refractivity contribution in [2.75, 3.05) is 0 Å². The number of nitriles is 1. The van der Waals surface area contributed by atoms with E-state index in [0.29, 0.717) is 24.2 Å². The van der Waals surface area contributed by atoms with Gasteiger partial charge in [-0.1, -0.05) is 0 Å². The van der Waals surface area contributed by atoms with E-state index in [1.54, 1.807) is 12.4 Å². The second-order valence-electron chi connectivity index (χ2n) is 4.32. The van der Waals surface area contributed by atoms with Gasteiger partial charge in [-0.25, -0.2) is 4.39 Å². The molecule has 0 aliphatic carbocycles. The number of aromatic nitrogens is 1. The molecule has 1 aromatic heterocycles. The molecule has 0 spiro atoms. The van der Waals surface area contributed by atoms with E-state index in [9.17, 15) is 4.39 Å². The number of halogens is 1. The van der Waals surface area contributed by atoms with Gasteiger partial charge in [0.2, 0.25) is 0 Å². The monoisotopic (exact) mass is 255 g/mol. The van der Waals surface area contributed by atoms with Crippen molar-refractivity contribution in [2.45, 2.75) is 20.0 Å². The van der Waals surface area contributed by atoms with Gasteiger partial charge in [0.1, 0.15) is 5.82 Å². The molecule has 96 valence electrons. The van der Waals surface area contributed by atoms with Gasteiger partial charge in [0.05, 0.1) is 11.6 Å². The first-order valence-corrected chi connectivity index (χ1v) is 5.99. The normalized spacial score (nSPS) is 10.2. The van der Waals surface area contributed by atoms with Crippen LogP contribution < -0.4 is 5.32 Å². The van der Waals surface area contributed by atoms with Gasteiger partial charge in [0.15, 0.2) is 0 Å². The van der Waals surface area contributed by atoms with Crippen LogP contribution in [-0.4, -0.2) is 4.98 Å². The largest absolute Gasteiger partial charge is 0.309 e. The summed E-state index contributed by atoms with van der Waals surface area (Å²) in [6.07, 6.45) is 3.55. The number of aryl methyl sites for hydroxylation is 1. The molecule has 19 heavy (non-hydrogen) atoms. The number of pyridine rings is 1. The Kier molecular flexibility index (Phi) is 4.22. The molecule has 0 saturated heterocycles. The van der Waals surface area contributed by atoms with Crippen molar-refractivity contribution in [1.29, 1.82) is 5.26 Å². The van der Waals surface area contributed by atoms with Crippen LogP contribution in [0, 0.1) is 24.1 Å². The Morgan fingerprint density at radius 2 is 2.05 bits per heavy atom. The Morgan fingerprint density at radius 1 is 1.26 bits per heavy atom. The first-order chi connectivity index (χ1) is 9.20. The third-order valence-electron chi connectivity index (χ3n) is 2.96. The summed E-state index contributed by atoms with van der Waals surface area (Å²) in [5, 5.41) is 12.2. The number of hydrogen-bond acceptors (Lipinski definition) is 3. The van der Waals surface area contributed by atoms with Crippen LogP contribution in [0.4, 0.5) is 4.39 Å². The third kappa shape index (κ3) is 3.36. The van der Waals surface area contributed by atoms with Crippen LogP contribution in [0.1, 0.15) is 22.3 Å². The maximum absolute atomic E-state index is 13.2. The predicted molar refractivity (Wildman–Crippen MR) is 70.6 cm³/mol. The quantitative estimate of drug-likeness (QED) is 0.913. The second kappa shape index (κ2) is 6.07. The standard InChI is InChI=1S/C15H14FN3/c1-11-8-18-5-4-13(11)9-19-10-14-6-15(16)3-2-12(14)7-17/h2-6,8,19H,9-10H2,1H3. The molecule has 2 rings (SSSR count). The molecule has 0 aliphatic heterocycles. The number of nitrogens with zero attached hydrogens (tertiary/aromatic N) is 2. The van der Waals surface area contributed by atoms with Crippen molar-refractivity contribution in [3.8, 4) is 6.07 Å². The van der Waals surface area contributed by atoms with E-state index >= 15 is 0 Å². The highest BCUT2D eigenvalue weighted by molar-refractivity contribution is 5.37. The molecule has 1 heterocycles. The van der Waals surface area contributed by atoms with E-state index in [1.807, 2.05) is 13.0 Å². The molecule has 0 aliphatic rings. The fraction of sp³-hybridized carbons (Fsp3) is 0.200. The highest BCUT2D eigenvalue weighted by Crippen LogP contribution is 2.11. The van der Waals surface area contributed by atoms with Crippen LogP contribution in [0.5, 0.6) is 0 Å². The van der Waals surface area contributed by atoms with E-state index in [0.717, 1.165) is 11.1 Å². The highest BCUT2D eigenvalue weighted by atomic mass is 19.1. The summed E-state index contributed by atoms with van der Waals surface area (Å²) in [5.41, 5.74) is 3.43. The lowest BCUT2D eigenvalue weighted by molar-refractivity contribution is 0.619. The van der Waals surface area contributed by atoms with Crippen molar-refractivity contribution in [3.63, 3.8) is 0 Å². The molecular weight excluding hydrogens is 241 g/mol. The van der Waals surface area contributed by atoms with Crippen molar-refractivity contribution in [1.82, 2.24) is 10.3 Å². The summed E-state index contributed by atoms with van der Waals surface area (Å²) >= 11 is 0. The highest BCUT2D eigenvalue weighted by Gasteiger charge is 2.04. The van der Waals surface area contributed by atoms with Crippen LogP contribution in [0.25, 0.3) is 0 Å². The van der Waals surface area contributed by atoms with E-state index in [4.69, 9.17) is 5.26 Å². The molecule has 1 N–H and O–H groups in total. The van der Waals surface area contributed by atoms with E-state index in [-0.39, 0.29) is 5.82 Å². The second-order valence-corrected chi connectivity index (χ2v) is 4.32. The fourth-order valence-corrected chi connectivity index (χ4v) is 1.85. The maximum atomic E-state index is 13.2. The lowest BCUT2D eigenvalue weighted by Gasteiger charge is -2.08. The number of nitrogens with one attached hydrogen (secondary N) is 1. The molecule has 0 atom stereocenters. The molecule has 1 aromatic carbocycles. The first-order valence-electron chi connectivity index (χ1n) is 5.99. The molecule has 2 aromatic rings. The summed E-state index contributed by atoms with van der Waals surface area (Å²) < 4.78 is 13.2. The zero-order chi connectivity index (χ0) is 13.7. The summed E-state index contributed by atoms with van der Waals surface area (Å²) in [5.74, 6) is -0.323. The summed E-state index contributed by atoms with van der Waals surface area (Å²) in [7, 11) is 0. The lowest BCUT2D eigenvalue weighted by Crippen LogP contribution is -2.14. The van der Waals surface area contributed by atoms with Crippen molar-refractivity contribution in [3.05, 3.63) is 64.7 Å². The zero-order valence-electron chi connectivity index (χ0n) is 10.7. The first kappa shape index (κ1) is 13.2. The molecular formula is C15H14FN3. The minimum atomic E-state index is -0.323. The van der Waals surface area contributed by atoms with Gasteiger partial charge >= 0.3 is 0 Å². The lowest BCUT2D eigenvalue weighted by atomic mass is 10.1. The van der Waals surface area contributed by atoms with Gasteiger partial charge in [-0.15, -0.1) is 0 Å². The average Bonchev–Trinajstić information content (AvgIpc) is 2.41. The van der Waals surface area contributed by atoms with Gasteiger partial charge in [-0.05, 0) is 47.9 Å². The van der Waals surface area contributed by atoms with Gasteiger partial charge in [-0.3, -0.25) is 4.98 Å². The van der Waals surface area contributed by atoms with Crippen LogP contribution in [0.3, 0.4) is 0 Å². The molecule has 0 radical (unpaired) electrons. The van der Waals surface area contributed by atoms with Gasteiger partial charge in [0, 0.05) is 25.5 Å². The minimum Gasteiger partial charge on any atom is -0.309 e. The van der Waals surface area contributed by atoms with Crippen molar-refractivity contribution in [2.24, 2.45) is 0 Å². The van der Waals surface area contributed by atoms with Crippen LogP contribution in [0.15, 0.2) is 36.7 Å². The predicted octanol–water partition coefficient (Wildman–Crippen LogP) is 2.69. The Bertz CT molecular complexity index is 617. The molecule has 0 saturated carbocycles. The van der Waals surface area contributed by atoms with E-state index < -0.39 is 0 Å². The Labute approximate surface area is 111 Å². The molecule has 0 unspecified atom stereocenters. The SMILES string of the molecule is Cc1cnccc1CNCc1cc(F)ccc1C#N. The molecule has 0 fully saturated rings. The summed E-state index contributed by atoms with van der Waals surface area (Å²) in [4.78, 5) is 4.03. The van der Waals surface area contributed by atoms with Gasteiger partial charge in [0.25, 0.3) is 0 Å². The number of hydrogen-bond donors (Lipinski definition) is 1. The fourth-order valence-electron chi connectivity index (χ4n) is 1.85. The summed E-state index contributed by atoms with van der Waals surface area (Å²) in [6, 6.07) is 8.21. The number of benzene rings is 1. The van der Waals surface area contributed by atoms with Crippen molar-refractivity contribution < 1.29 is 4.39 Å². The Hall–Kier alpha value is -2.25. The topological polar surface area (TPSA) is 48.7 Å². The van der Waals surface area contributed by atoms with E-state index in [1.165, 1.54) is 18.2 Å². The third-order valence-corrected chi connectivity index (χ3v) is 2.96. The van der Waals surface area contributed by atoms with Crippen LogP contribution in [-0.2, 0) is 13.1 Å². The summed E-state index contributed by atoms with van der Waals surface area (Å²) in [6.45, 7) is 3.12. The van der Waals surface area contributed by atoms with Crippen LogP contribution >= 0.6 is 0 Å². The van der Waals surface area contributed by atoms with E-state index in [2.05, 4.69) is 16.4 Å². The van der Waals surface area contributed by atoms with Gasteiger partial charge < -0.3 is 5.32 Å². The molecule has 3 nitrogen and oxygen atoms in total. The molecule has 0 amide bonds.